The first-order valence-electron chi connectivity index (χ1n) is 6.56. The smallest absolute Gasteiger partial charge is 0.324 e. The number of carbonyl (C=O) groups is 1. The number of nitrogens with one attached hydrogen (secondary N) is 2. The van der Waals surface area contributed by atoms with Crippen molar-refractivity contribution >= 4 is 33.6 Å². The number of nitrogens with zero attached hydrogens (tertiary/aromatic N) is 1. The van der Waals surface area contributed by atoms with Gasteiger partial charge in [0.1, 0.15) is 0 Å². The predicted molar refractivity (Wildman–Crippen MR) is 82.2 cm³/mol. The zero-order chi connectivity index (χ0) is 14.8. The summed E-state index contributed by atoms with van der Waals surface area (Å²) >= 11 is 0.874. The van der Waals surface area contributed by atoms with Gasteiger partial charge in [-0.15, -0.1) is 0 Å². The summed E-state index contributed by atoms with van der Waals surface area (Å²) in [6.07, 6.45) is 2.05. The molecular weight excluding hydrogens is 290 g/mol. The zero-order valence-electron chi connectivity index (χ0n) is 11.1. The molecule has 0 atom stereocenters. The molecule has 1 aromatic carbocycles. The highest BCUT2D eigenvalue weighted by molar-refractivity contribution is 7.17. The summed E-state index contributed by atoms with van der Waals surface area (Å²) in [6, 6.07) is 8.54. The van der Waals surface area contributed by atoms with Crippen molar-refractivity contribution in [3.63, 3.8) is 0 Å². The number of hydrogen-bond acceptors (Lipinski definition) is 5. The van der Waals surface area contributed by atoms with Gasteiger partial charge in [0.05, 0.1) is 9.80 Å². The fourth-order valence-electron chi connectivity index (χ4n) is 2.29. The molecular formula is C14H13N3O3S. The molecule has 0 bridgehead atoms. The maximum absolute atomic E-state index is 12.1. The summed E-state index contributed by atoms with van der Waals surface area (Å²) in [6.45, 7) is 0.970. The van der Waals surface area contributed by atoms with Crippen LogP contribution in [0.15, 0.2) is 30.3 Å². The number of fused-ring (bicyclic) bond motifs is 1. The molecule has 108 valence electrons. The molecule has 0 radical (unpaired) electrons. The molecule has 7 heteroatoms. The first-order chi connectivity index (χ1) is 10.1. The molecule has 0 spiro atoms. The third kappa shape index (κ3) is 2.87. The Labute approximate surface area is 124 Å². The maximum Gasteiger partial charge on any atom is 0.324 e. The number of thiophene rings is 1. The van der Waals surface area contributed by atoms with Crippen molar-refractivity contribution in [3.8, 4) is 0 Å². The van der Waals surface area contributed by atoms with Crippen LogP contribution in [0.1, 0.15) is 21.7 Å². The van der Waals surface area contributed by atoms with Crippen LogP contribution in [0.5, 0.6) is 0 Å². The van der Waals surface area contributed by atoms with E-state index in [1.54, 1.807) is 0 Å². The second-order valence-corrected chi connectivity index (χ2v) is 5.81. The van der Waals surface area contributed by atoms with Gasteiger partial charge in [-0.3, -0.25) is 14.9 Å². The van der Waals surface area contributed by atoms with Gasteiger partial charge < -0.3 is 10.6 Å². The highest BCUT2D eigenvalue weighted by Crippen LogP contribution is 2.27. The van der Waals surface area contributed by atoms with Crippen LogP contribution in [0.2, 0.25) is 0 Å². The minimum absolute atomic E-state index is 0.0326. The van der Waals surface area contributed by atoms with E-state index in [4.69, 9.17) is 0 Å². The molecule has 2 N–H and O–H groups in total. The van der Waals surface area contributed by atoms with Crippen molar-refractivity contribution in [2.75, 3.05) is 17.2 Å². The van der Waals surface area contributed by atoms with Gasteiger partial charge in [-0.05, 0) is 42.7 Å². The fraction of sp³-hybridized carbons (Fsp3) is 0.214. The maximum atomic E-state index is 12.1. The molecule has 0 unspecified atom stereocenters. The molecule has 3 rings (SSSR count). The first-order valence-corrected chi connectivity index (χ1v) is 7.37. The second-order valence-electron chi connectivity index (χ2n) is 4.75. The van der Waals surface area contributed by atoms with Crippen LogP contribution in [0.3, 0.4) is 0 Å². The topological polar surface area (TPSA) is 84.3 Å². The molecule has 0 saturated heterocycles. The Morgan fingerprint density at radius 3 is 2.95 bits per heavy atom. The summed E-state index contributed by atoms with van der Waals surface area (Å²) in [5.41, 5.74) is 2.99. The van der Waals surface area contributed by atoms with Gasteiger partial charge in [-0.1, -0.05) is 11.3 Å². The SMILES string of the molecule is O=C(Nc1ccc2c(c1)CCCN2)c1ccc([N+](=O)[O-])s1. The summed E-state index contributed by atoms with van der Waals surface area (Å²) in [4.78, 5) is 22.5. The van der Waals surface area contributed by atoms with E-state index >= 15 is 0 Å². The first kappa shape index (κ1) is 13.6. The lowest BCUT2D eigenvalue weighted by Gasteiger charge is -2.18. The lowest BCUT2D eigenvalue weighted by Crippen LogP contribution is -2.14. The Morgan fingerprint density at radius 2 is 2.19 bits per heavy atom. The van der Waals surface area contributed by atoms with Crippen LogP contribution in [0.4, 0.5) is 16.4 Å². The quantitative estimate of drug-likeness (QED) is 0.673. The van der Waals surface area contributed by atoms with Crippen molar-refractivity contribution < 1.29 is 9.72 Å². The summed E-state index contributed by atoms with van der Waals surface area (Å²) in [5, 5.41) is 16.7. The van der Waals surface area contributed by atoms with Gasteiger partial charge >= 0.3 is 5.00 Å². The van der Waals surface area contributed by atoms with E-state index < -0.39 is 4.92 Å². The largest absolute Gasteiger partial charge is 0.385 e. The normalized spacial score (nSPS) is 13.1. The molecule has 6 nitrogen and oxygen atoms in total. The Hall–Kier alpha value is -2.41. The molecule has 0 saturated carbocycles. The molecule has 2 heterocycles. The zero-order valence-corrected chi connectivity index (χ0v) is 11.9. The molecule has 0 fully saturated rings. The van der Waals surface area contributed by atoms with Gasteiger partial charge in [0.15, 0.2) is 0 Å². The predicted octanol–water partition coefficient (Wildman–Crippen LogP) is 3.27. The monoisotopic (exact) mass is 303 g/mol. The Bertz CT molecular complexity index is 711. The molecule has 0 aliphatic carbocycles. The van der Waals surface area contributed by atoms with E-state index in [0.29, 0.717) is 10.6 Å². The summed E-state index contributed by atoms with van der Waals surface area (Å²) < 4.78 is 0. The van der Waals surface area contributed by atoms with Gasteiger partial charge in [0.2, 0.25) is 0 Å². The summed E-state index contributed by atoms with van der Waals surface area (Å²) in [7, 11) is 0. The minimum Gasteiger partial charge on any atom is -0.385 e. The molecule has 1 amide bonds. The standard InChI is InChI=1S/C14H13N3O3S/c18-14(12-5-6-13(21-12)17(19)20)16-10-3-4-11-9(8-10)2-1-7-15-11/h3-6,8,15H,1-2,7H2,(H,16,18). The lowest BCUT2D eigenvalue weighted by atomic mass is 10.0. The number of hydrogen-bond donors (Lipinski definition) is 2. The van der Waals surface area contributed by atoms with E-state index in [2.05, 4.69) is 10.6 Å². The van der Waals surface area contributed by atoms with Crippen molar-refractivity contribution in [1.29, 1.82) is 0 Å². The number of benzene rings is 1. The third-order valence-corrected chi connectivity index (χ3v) is 4.33. The van der Waals surface area contributed by atoms with E-state index in [9.17, 15) is 14.9 Å². The fourth-order valence-corrected chi connectivity index (χ4v) is 3.01. The summed E-state index contributed by atoms with van der Waals surface area (Å²) in [5.74, 6) is -0.322. The van der Waals surface area contributed by atoms with E-state index in [0.717, 1.165) is 36.4 Å². The van der Waals surface area contributed by atoms with Crippen molar-refractivity contribution in [2.45, 2.75) is 12.8 Å². The highest BCUT2D eigenvalue weighted by atomic mass is 32.1. The second kappa shape index (κ2) is 5.53. The number of rotatable bonds is 3. The van der Waals surface area contributed by atoms with Gasteiger partial charge in [0, 0.05) is 24.0 Å². The average molecular weight is 303 g/mol. The van der Waals surface area contributed by atoms with Crippen LogP contribution in [0, 0.1) is 10.1 Å². The van der Waals surface area contributed by atoms with E-state index in [1.165, 1.54) is 17.7 Å². The van der Waals surface area contributed by atoms with Crippen LogP contribution in [0.25, 0.3) is 0 Å². The van der Waals surface area contributed by atoms with E-state index in [-0.39, 0.29) is 10.9 Å². The van der Waals surface area contributed by atoms with Gasteiger partial charge in [-0.2, -0.15) is 0 Å². The van der Waals surface area contributed by atoms with Crippen molar-refractivity contribution in [1.82, 2.24) is 0 Å². The Kier molecular flexibility index (Phi) is 3.57. The molecule has 21 heavy (non-hydrogen) atoms. The molecule has 1 aliphatic heterocycles. The van der Waals surface area contributed by atoms with E-state index in [1.807, 2.05) is 18.2 Å². The Morgan fingerprint density at radius 1 is 1.33 bits per heavy atom. The Balaban J connectivity index is 1.76. The average Bonchev–Trinajstić information content (AvgIpc) is 2.97. The van der Waals surface area contributed by atoms with Gasteiger partial charge in [-0.25, -0.2) is 0 Å². The van der Waals surface area contributed by atoms with Crippen LogP contribution < -0.4 is 10.6 Å². The third-order valence-electron chi connectivity index (χ3n) is 3.30. The van der Waals surface area contributed by atoms with Crippen LogP contribution in [-0.4, -0.2) is 17.4 Å². The molecule has 2 aromatic rings. The minimum atomic E-state index is -0.494. The lowest BCUT2D eigenvalue weighted by molar-refractivity contribution is -0.380. The van der Waals surface area contributed by atoms with Crippen molar-refractivity contribution in [3.05, 3.63) is 50.9 Å². The number of amides is 1. The molecule has 1 aliphatic rings. The number of anilines is 2. The number of aryl methyl sites for hydroxylation is 1. The van der Waals surface area contributed by atoms with Crippen molar-refractivity contribution in [2.24, 2.45) is 0 Å². The van der Waals surface area contributed by atoms with Crippen LogP contribution >= 0.6 is 11.3 Å². The number of carbonyl (C=O) groups excluding carboxylic acids is 1. The van der Waals surface area contributed by atoms with Crippen LogP contribution in [-0.2, 0) is 6.42 Å². The van der Waals surface area contributed by atoms with Gasteiger partial charge in [0.25, 0.3) is 5.91 Å². The highest BCUT2D eigenvalue weighted by Gasteiger charge is 2.16. The molecule has 1 aromatic heterocycles. The number of nitro groups is 1.